The van der Waals surface area contributed by atoms with Gasteiger partial charge < -0.3 is 10.1 Å². The van der Waals surface area contributed by atoms with Gasteiger partial charge in [-0.15, -0.1) is 0 Å². The number of carbonyl (C=O) groups excluding carboxylic acids is 1. The number of carbonyl (C=O) groups is 1. The summed E-state index contributed by atoms with van der Waals surface area (Å²) in [5.41, 5.74) is 3.14. The summed E-state index contributed by atoms with van der Waals surface area (Å²) in [6, 6.07) is 6.05. The molecule has 1 aliphatic heterocycles. The predicted molar refractivity (Wildman–Crippen MR) is 125 cm³/mol. The topological polar surface area (TPSA) is 66.0 Å². The summed E-state index contributed by atoms with van der Waals surface area (Å²) in [7, 11) is 3.00. The molecule has 0 unspecified atom stereocenters. The second-order valence-corrected chi connectivity index (χ2v) is 7.74. The Bertz CT molecular complexity index is 842. The van der Waals surface area contributed by atoms with Crippen LogP contribution in [0.4, 0.5) is 18.9 Å². The number of benzene rings is 1. The van der Waals surface area contributed by atoms with Crippen molar-refractivity contribution in [1.29, 1.82) is 0 Å². The molecule has 1 heterocycles. The van der Waals surface area contributed by atoms with Gasteiger partial charge in [-0.25, -0.2) is 5.43 Å². The SMILES string of the molecule is CC/C=C(\C=NC)C/C=C(\N(NC)c1ccc(C(=O)NCC2CCOCC2)cc1)C(F)(F)F. The Morgan fingerprint density at radius 3 is 2.42 bits per heavy atom. The molecule has 1 amide bonds. The summed E-state index contributed by atoms with van der Waals surface area (Å²) in [4.78, 5) is 16.4. The van der Waals surface area contributed by atoms with Gasteiger partial charge in [-0.3, -0.25) is 14.8 Å². The van der Waals surface area contributed by atoms with Crippen LogP contribution in [0.5, 0.6) is 0 Å². The maximum Gasteiger partial charge on any atom is 0.432 e. The zero-order valence-electron chi connectivity index (χ0n) is 19.4. The van der Waals surface area contributed by atoms with Gasteiger partial charge in [0.2, 0.25) is 0 Å². The van der Waals surface area contributed by atoms with E-state index in [0.717, 1.165) is 23.9 Å². The van der Waals surface area contributed by atoms with Crippen LogP contribution in [0.3, 0.4) is 0 Å². The average molecular weight is 467 g/mol. The maximum atomic E-state index is 13.9. The Balaban J connectivity index is 2.16. The number of alkyl halides is 3. The molecular formula is C24H33F3N4O2. The number of amides is 1. The maximum absolute atomic E-state index is 13.9. The fourth-order valence-corrected chi connectivity index (χ4v) is 3.61. The van der Waals surface area contributed by atoms with Gasteiger partial charge in [-0.2, -0.15) is 13.2 Å². The number of aliphatic imine (C=N–C) groups is 1. The van der Waals surface area contributed by atoms with Gasteiger partial charge in [-0.1, -0.05) is 13.0 Å². The van der Waals surface area contributed by atoms with Gasteiger partial charge in [0.25, 0.3) is 5.91 Å². The van der Waals surface area contributed by atoms with E-state index in [0.29, 0.717) is 43.2 Å². The molecule has 2 rings (SSSR count). The molecule has 0 saturated carbocycles. The van der Waals surface area contributed by atoms with E-state index in [2.05, 4.69) is 15.7 Å². The fraction of sp³-hybridized carbons (Fsp3) is 0.500. The third-order valence-electron chi connectivity index (χ3n) is 5.33. The quantitative estimate of drug-likeness (QED) is 0.389. The van der Waals surface area contributed by atoms with E-state index in [1.807, 2.05) is 13.0 Å². The Labute approximate surface area is 193 Å². The molecular weight excluding hydrogens is 433 g/mol. The van der Waals surface area contributed by atoms with E-state index >= 15 is 0 Å². The molecule has 0 aromatic heterocycles. The van der Waals surface area contributed by atoms with E-state index in [1.54, 1.807) is 13.3 Å². The number of hydrogen-bond acceptors (Lipinski definition) is 5. The Kier molecular flexibility index (Phi) is 10.6. The van der Waals surface area contributed by atoms with Gasteiger partial charge in [0, 0.05) is 45.6 Å². The Morgan fingerprint density at radius 1 is 1.21 bits per heavy atom. The molecule has 0 radical (unpaired) electrons. The number of halogens is 3. The number of nitrogens with one attached hydrogen (secondary N) is 2. The lowest BCUT2D eigenvalue weighted by Gasteiger charge is -2.28. The van der Waals surface area contributed by atoms with Crippen LogP contribution in [0.25, 0.3) is 0 Å². The molecule has 1 aromatic carbocycles. The highest BCUT2D eigenvalue weighted by molar-refractivity contribution is 5.94. The van der Waals surface area contributed by atoms with Crippen molar-refractivity contribution in [2.45, 2.75) is 38.8 Å². The molecule has 33 heavy (non-hydrogen) atoms. The first-order valence-corrected chi connectivity index (χ1v) is 11.1. The van der Waals surface area contributed by atoms with Crippen LogP contribution in [0.1, 0.15) is 43.0 Å². The van der Waals surface area contributed by atoms with Crippen LogP contribution in [0.15, 0.2) is 52.7 Å². The number of allylic oxidation sites excluding steroid dienone is 4. The van der Waals surface area contributed by atoms with E-state index in [1.165, 1.54) is 31.3 Å². The third kappa shape index (κ3) is 8.33. The second kappa shape index (κ2) is 13.2. The summed E-state index contributed by atoms with van der Waals surface area (Å²) in [5, 5.41) is 3.87. The molecule has 0 aliphatic carbocycles. The molecule has 2 N–H and O–H groups in total. The first-order valence-electron chi connectivity index (χ1n) is 11.1. The minimum Gasteiger partial charge on any atom is -0.381 e. The highest BCUT2D eigenvalue weighted by atomic mass is 19.4. The molecule has 1 saturated heterocycles. The first-order chi connectivity index (χ1) is 15.8. The summed E-state index contributed by atoms with van der Waals surface area (Å²) in [5.74, 6) is 0.134. The molecule has 0 atom stereocenters. The number of rotatable bonds is 10. The van der Waals surface area contributed by atoms with Crippen LogP contribution in [-0.4, -0.2) is 52.2 Å². The first kappa shape index (κ1) is 26.6. The van der Waals surface area contributed by atoms with Crippen molar-refractivity contribution in [2.24, 2.45) is 10.9 Å². The molecule has 0 bridgehead atoms. The van der Waals surface area contributed by atoms with Crippen LogP contribution in [0.2, 0.25) is 0 Å². The van der Waals surface area contributed by atoms with Crippen molar-refractivity contribution in [2.75, 3.05) is 38.9 Å². The van der Waals surface area contributed by atoms with Crippen molar-refractivity contribution < 1.29 is 22.7 Å². The van der Waals surface area contributed by atoms with Gasteiger partial charge >= 0.3 is 6.18 Å². The molecule has 1 aromatic rings. The number of anilines is 1. The lowest BCUT2D eigenvalue weighted by Crippen LogP contribution is -2.40. The Hall–Kier alpha value is -2.65. The molecule has 182 valence electrons. The number of nitrogens with zero attached hydrogens (tertiary/aromatic N) is 2. The number of hydrogen-bond donors (Lipinski definition) is 2. The third-order valence-corrected chi connectivity index (χ3v) is 5.33. The van der Waals surface area contributed by atoms with Gasteiger partial charge in [0.05, 0.1) is 5.69 Å². The molecule has 1 aliphatic rings. The smallest absolute Gasteiger partial charge is 0.381 e. The van der Waals surface area contributed by atoms with Crippen molar-refractivity contribution in [3.8, 4) is 0 Å². The van der Waals surface area contributed by atoms with Crippen LogP contribution in [0, 0.1) is 5.92 Å². The largest absolute Gasteiger partial charge is 0.432 e. The standard InChI is InChI=1S/C24H33F3N4O2/c1-4-5-18(16-28-2)6-11-22(24(25,26)27)31(29-3)21-9-7-20(8-10-21)23(32)30-17-19-12-14-33-15-13-19/h5,7-11,16,19,29H,4,6,12-15,17H2,1-3H3,(H,30,32)/b18-5-,22-11-,28-16?. The van der Waals surface area contributed by atoms with Gasteiger partial charge in [-0.05, 0) is 67.5 Å². The van der Waals surface area contributed by atoms with Crippen molar-refractivity contribution in [3.63, 3.8) is 0 Å². The van der Waals surface area contributed by atoms with Gasteiger partial charge in [0.1, 0.15) is 5.70 Å². The van der Waals surface area contributed by atoms with Crippen molar-refractivity contribution in [1.82, 2.24) is 10.7 Å². The lowest BCUT2D eigenvalue weighted by atomic mass is 10.0. The zero-order chi connectivity index (χ0) is 24.3. The highest BCUT2D eigenvalue weighted by Gasteiger charge is 2.38. The van der Waals surface area contributed by atoms with E-state index in [-0.39, 0.29) is 18.0 Å². The highest BCUT2D eigenvalue weighted by Crippen LogP contribution is 2.32. The van der Waals surface area contributed by atoms with Crippen LogP contribution >= 0.6 is 0 Å². The second-order valence-electron chi connectivity index (χ2n) is 7.74. The summed E-state index contributed by atoms with van der Waals surface area (Å²) < 4.78 is 46.9. The summed E-state index contributed by atoms with van der Waals surface area (Å²) in [6.07, 6.45) is 2.55. The fourth-order valence-electron chi connectivity index (χ4n) is 3.61. The average Bonchev–Trinajstić information content (AvgIpc) is 2.80. The summed E-state index contributed by atoms with van der Waals surface area (Å²) >= 11 is 0. The van der Waals surface area contributed by atoms with E-state index in [4.69, 9.17) is 4.74 Å². The number of hydrazine groups is 1. The molecule has 9 heteroatoms. The minimum atomic E-state index is -4.58. The molecule has 1 fully saturated rings. The van der Waals surface area contributed by atoms with Crippen LogP contribution in [-0.2, 0) is 4.74 Å². The molecule has 6 nitrogen and oxygen atoms in total. The Morgan fingerprint density at radius 2 is 1.88 bits per heavy atom. The van der Waals surface area contributed by atoms with E-state index < -0.39 is 11.9 Å². The lowest BCUT2D eigenvalue weighted by molar-refractivity contribution is -0.0943. The predicted octanol–water partition coefficient (Wildman–Crippen LogP) is 4.66. The van der Waals surface area contributed by atoms with Crippen LogP contribution < -0.4 is 15.8 Å². The van der Waals surface area contributed by atoms with E-state index in [9.17, 15) is 18.0 Å². The summed E-state index contributed by atoms with van der Waals surface area (Å²) in [6.45, 7) is 3.87. The van der Waals surface area contributed by atoms with Gasteiger partial charge in [0.15, 0.2) is 0 Å². The van der Waals surface area contributed by atoms with Crippen molar-refractivity contribution in [3.05, 3.63) is 53.3 Å². The molecule has 0 spiro atoms. The monoisotopic (exact) mass is 466 g/mol. The number of ether oxygens (including phenoxy) is 1. The van der Waals surface area contributed by atoms with Crippen molar-refractivity contribution >= 4 is 17.8 Å². The zero-order valence-corrected chi connectivity index (χ0v) is 19.4. The minimum absolute atomic E-state index is 0.0882. The normalized spacial score (nSPS) is 16.3.